The number of methoxy groups -OCH3 is 2. The van der Waals surface area contributed by atoms with Gasteiger partial charge in [-0.25, -0.2) is 0 Å². The summed E-state index contributed by atoms with van der Waals surface area (Å²) in [6.07, 6.45) is 1.49. The lowest BCUT2D eigenvalue weighted by atomic mass is 9.94. The Kier molecular flexibility index (Phi) is 4.14. The van der Waals surface area contributed by atoms with E-state index in [-0.39, 0.29) is 0 Å². The van der Waals surface area contributed by atoms with E-state index in [4.69, 9.17) is 15.2 Å². The van der Waals surface area contributed by atoms with Crippen molar-refractivity contribution in [3.05, 3.63) is 47.8 Å². The second kappa shape index (κ2) is 6.01. The Bertz CT molecular complexity index is 599. The highest BCUT2D eigenvalue weighted by Gasteiger charge is 2.25. The minimum atomic E-state index is -0.718. The van der Waals surface area contributed by atoms with Crippen LogP contribution in [0.2, 0.25) is 0 Å². The van der Waals surface area contributed by atoms with E-state index in [1.807, 2.05) is 0 Å². The smallest absolute Gasteiger partial charge is 0.231 e. The van der Waals surface area contributed by atoms with Crippen molar-refractivity contribution in [2.24, 2.45) is 5.73 Å². The Morgan fingerprint density at radius 3 is 2.40 bits per heavy atom. The van der Waals surface area contributed by atoms with Crippen LogP contribution in [0.4, 0.5) is 0 Å². The Hall–Kier alpha value is -2.63. The molecule has 0 aliphatic rings. The molecule has 2 aromatic rings. The first kappa shape index (κ1) is 13.8. The number of primary amides is 1. The minimum Gasteiger partial charge on any atom is -0.497 e. The molecule has 1 aromatic heterocycles. The Morgan fingerprint density at radius 1 is 1.15 bits per heavy atom. The summed E-state index contributed by atoms with van der Waals surface area (Å²) in [6.45, 7) is 0. The quantitative estimate of drug-likeness (QED) is 0.881. The molecule has 2 rings (SSSR count). The molecular weight excluding hydrogens is 258 g/mol. The van der Waals surface area contributed by atoms with Crippen molar-refractivity contribution in [2.75, 3.05) is 14.2 Å². The summed E-state index contributed by atoms with van der Waals surface area (Å²) >= 11 is 0. The predicted molar refractivity (Wildman–Crippen MR) is 72.6 cm³/mol. The number of aromatic nitrogens is 2. The Balaban J connectivity index is 2.47. The van der Waals surface area contributed by atoms with Gasteiger partial charge < -0.3 is 15.2 Å². The van der Waals surface area contributed by atoms with Gasteiger partial charge in [0.05, 0.1) is 20.4 Å². The van der Waals surface area contributed by atoms with Crippen molar-refractivity contribution < 1.29 is 14.3 Å². The molecule has 0 fully saturated rings. The van der Waals surface area contributed by atoms with Gasteiger partial charge >= 0.3 is 0 Å². The summed E-state index contributed by atoms with van der Waals surface area (Å²) < 4.78 is 10.3. The topological polar surface area (TPSA) is 87.3 Å². The highest BCUT2D eigenvalue weighted by molar-refractivity contribution is 5.85. The number of amides is 1. The van der Waals surface area contributed by atoms with Gasteiger partial charge in [0.2, 0.25) is 5.91 Å². The van der Waals surface area contributed by atoms with Crippen LogP contribution < -0.4 is 15.2 Å². The number of hydrogen-bond acceptors (Lipinski definition) is 5. The summed E-state index contributed by atoms with van der Waals surface area (Å²) in [5, 5.41) is 7.78. The van der Waals surface area contributed by atoms with Gasteiger partial charge in [-0.1, -0.05) is 12.1 Å². The van der Waals surface area contributed by atoms with Crippen molar-refractivity contribution >= 4 is 5.91 Å². The van der Waals surface area contributed by atoms with Crippen molar-refractivity contribution in [3.63, 3.8) is 0 Å². The van der Waals surface area contributed by atoms with Crippen LogP contribution in [-0.4, -0.2) is 30.3 Å². The summed E-state index contributed by atoms with van der Waals surface area (Å²) in [5.41, 5.74) is 6.60. The molecule has 0 saturated carbocycles. The first-order valence-corrected chi connectivity index (χ1v) is 5.96. The van der Waals surface area contributed by atoms with Crippen LogP contribution in [0.15, 0.2) is 36.5 Å². The van der Waals surface area contributed by atoms with Crippen LogP contribution in [-0.2, 0) is 4.79 Å². The van der Waals surface area contributed by atoms with Crippen LogP contribution in [0.5, 0.6) is 11.5 Å². The van der Waals surface area contributed by atoms with Gasteiger partial charge in [0.25, 0.3) is 0 Å². The van der Waals surface area contributed by atoms with Crippen LogP contribution in [0.1, 0.15) is 17.2 Å². The molecule has 2 N–H and O–H groups in total. The second-order valence-corrected chi connectivity index (χ2v) is 4.09. The molecule has 0 bridgehead atoms. The van der Waals surface area contributed by atoms with Gasteiger partial charge in [0, 0.05) is 6.07 Å². The average Bonchev–Trinajstić information content (AvgIpc) is 2.48. The number of hydrogen-bond donors (Lipinski definition) is 1. The first-order valence-electron chi connectivity index (χ1n) is 5.96. The molecule has 20 heavy (non-hydrogen) atoms. The predicted octanol–water partition coefficient (Wildman–Crippen LogP) is 1.11. The van der Waals surface area contributed by atoms with E-state index in [1.165, 1.54) is 13.3 Å². The van der Waals surface area contributed by atoms with Gasteiger partial charge in [0.1, 0.15) is 23.1 Å². The Morgan fingerprint density at radius 2 is 1.85 bits per heavy atom. The lowest BCUT2D eigenvalue weighted by molar-refractivity contribution is -0.118. The van der Waals surface area contributed by atoms with Gasteiger partial charge in [-0.15, -0.1) is 0 Å². The van der Waals surface area contributed by atoms with Crippen LogP contribution in [0.3, 0.4) is 0 Å². The monoisotopic (exact) mass is 273 g/mol. The van der Waals surface area contributed by atoms with Gasteiger partial charge in [0.15, 0.2) is 0 Å². The third-order valence-electron chi connectivity index (χ3n) is 2.94. The van der Waals surface area contributed by atoms with E-state index in [0.717, 1.165) is 0 Å². The maximum Gasteiger partial charge on any atom is 0.231 e. The molecule has 6 nitrogen and oxygen atoms in total. The number of benzene rings is 1. The Labute approximate surface area is 116 Å². The van der Waals surface area contributed by atoms with Crippen LogP contribution >= 0.6 is 0 Å². The van der Waals surface area contributed by atoms with Crippen molar-refractivity contribution in [1.82, 2.24) is 10.2 Å². The molecule has 1 heterocycles. The third-order valence-corrected chi connectivity index (χ3v) is 2.94. The highest BCUT2D eigenvalue weighted by Crippen LogP contribution is 2.30. The van der Waals surface area contributed by atoms with E-state index >= 15 is 0 Å². The summed E-state index contributed by atoms with van der Waals surface area (Å²) in [7, 11) is 3.08. The zero-order valence-corrected chi connectivity index (χ0v) is 11.2. The normalized spacial score (nSPS) is 11.7. The van der Waals surface area contributed by atoms with Gasteiger partial charge in [-0.2, -0.15) is 10.2 Å². The third kappa shape index (κ3) is 2.69. The second-order valence-electron chi connectivity index (χ2n) is 4.09. The van der Waals surface area contributed by atoms with Crippen LogP contribution in [0, 0.1) is 0 Å². The molecule has 0 spiro atoms. The van der Waals surface area contributed by atoms with Gasteiger partial charge in [-0.05, 0) is 17.7 Å². The molecule has 1 amide bonds. The number of rotatable bonds is 5. The fourth-order valence-electron chi connectivity index (χ4n) is 1.96. The maximum absolute atomic E-state index is 11.8. The SMILES string of the molecule is COc1ccc(C(C(N)=O)c2nnccc2OC)cc1. The number of carbonyl (C=O) groups excluding carboxylic acids is 1. The fourth-order valence-corrected chi connectivity index (χ4v) is 1.96. The van der Waals surface area contributed by atoms with Crippen LogP contribution in [0.25, 0.3) is 0 Å². The van der Waals surface area contributed by atoms with E-state index in [0.29, 0.717) is 22.8 Å². The molecule has 1 unspecified atom stereocenters. The van der Waals surface area contributed by atoms with Gasteiger partial charge in [-0.3, -0.25) is 4.79 Å². The summed E-state index contributed by atoms with van der Waals surface area (Å²) in [4.78, 5) is 11.8. The summed E-state index contributed by atoms with van der Waals surface area (Å²) in [6, 6.07) is 8.69. The van der Waals surface area contributed by atoms with E-state index in [9.17, 15) is 4.79 Å². The summed E-state index contributed by atoms with van der Waals surface area (Å²) in [5.74, 6) is -0.0683. The lowest BCUT2D eigenvalue weighted by Gasteiger charge is -2.15. The molecule has 104 valence electrons. The standard InChI is InChI=1S/C14H15N3O3/c1-19-10-5-3-9(4-6-10)12(14(15)18)13-11(20-2)7-8-16-17-13/h3-8,12H,1-2H3,(H2,15,18). The number of nitrogens with two attached hydrogens (primary N) is 1. The zero-order valence-electron chi connectivity index (χ0n) is 11.2. The maximum atomic E-state index is 11.8. The number of carbonyl (C=O) groups is 1. The zero-order chi connectivity index (χ0) is 14.5. The first-order chi connectivity index (χ1) is 9.67. The number of ether oxygens (including phenoxy) is 2. The molecule has 0 saturated heterocycles. The molecule has 1 atom stereocenters. The van der Waals surface area contributed by atoms with E-state index in [2.05, 4.69) is 10.2 Å². The molecule has 6 heteroatoms. The lowest BCUT2D eigenvalue weighted by Crippen LogP contribution is -2.24. The molecule has 1 aromatic carbocycles. The average molecular weight is 273 g/mol. The minimum absolute atomic E-state index is 0.396. The van der Waals surface area contributed by atoms with E-state index in [1.54, 1.807) is 37.4 Å². The van der Waals surface area contributed by atoms with Crippen molar-refractivity contribution in [1.29, 1.82) is 0 Å². The molecular formula is C14H15N3O3. The van der Waals surface area contributed by atoms with E-state index < -0.39 is 11.8 Å². The number of nitrogens with zero attached hydrogens (tertiary/aromatic N) is 2. The highest BCUT2D eigenvalue weighted by atomic mass is 16.5. The molecule has 0 aliphatic carbocycles. The fraction of sp³-hybridized carbons (Fsp3) is 0.214. The van der Waals surface area contributed by atoms with Crippen molar-refractivity contribution in [3.8, 4) is 11.5 Å². The largest absolute Gasteiger partial charge is 0.497 e. The molecule has 0 radical (unpaired) electrons. The van der Waals surface area contributed by atoms with Crippen molar-refractivity contribution in [2.45, 2.75) is 5.92 Å². The molecule has 0 aliphatic heterocycles.